The first-order valence-corrected chi connectivity index (χ1v) is 7.50. The van der Waals surface area contributed by atoms with E-state index in [0.717, 1.165) is 21.2 Å². The van der Waals surface area contributed by atoms with E-state index in [1.165, 1.54) is 6.07 Å². The third-order valence-electron chi connectivity index (χ3n) is 2.73. The molecule has 0 aliphatic rings. The molecule has 0 saturated carbocycles. The first-order valence-electron chi connectivity index (χ1n) is 5.92. The van der Waals surface area contributed by atoms with Gasteiger partial charge in [-0.1, -0.05) is 25.1 Å². The van der Waals surface area contributed by atoms with Crippen LogP contribution >= 0.6 is 31.9 Å². The van der Waals surface area contributed by atoms with Crippen molar-refractivity contribution in [2.24, 2.45) is 0 Å². The lowest BCUT2D eigenvalue weighted by Crippen LogP contribution is -2.24. The summed E-state index contributed by atoms with van der Waals surface area (Å²) in [6, 6.07) is 8.40. The Kier molecular flexibility index (Phi) is 5.07. The van der Waals surface area contributed by atoms with Crippen molar-refractivity contribution in [3.63, 3.8) is 0 Å². The fourth-order valence-electron chi connectivity index (χ4n) is 1.90. The normalized spacial score (nSPS) is 12.4. The van der Waals surface area contributed by atoms with Crippen molar-refractivity contribution < 1.29 is 4.39 Å². The summed E-state index contributed by atoms with van der Waals surface area (Å²) in [6.07, 6.45) is 1.71. The van der Waals surface area contributed by atoms with E-state index in [9.17, 15) is 4.39 Å². The van der Waals surface area contributed by atoms with Crippen LogP contribution in [0.3, 0.4) is 0 Å². The number of pyridine rings is 1. The number of nitrogens with zero attached hydrogens (tertiary/aromatic N) is 1. The summed E-state index contributed by atoms with van der Waals surface area (Å²) >= 11 is 6.85. The van der Waals surface area contributed by atoms with Crippen LogP contribution in [0.1, 0.15) is 24.2 Å². The van der Waals surface area contributed by atoms with Gasteiger partial charge in [-0.2, -0.15) is 0 Å². The highest BCUT2D eigenvalue weighted by Crippen LogP contribution is 2.30. The maximum Gasteiger partial charge on any atom is 0.128 e. The van der Waals surface area contributed by atoms with Gasteiger partial charge in [-0.3, -0.25) is 4.98 Å². The summed E-state index contributed by atoms with van der Waals surface area (Å²) in [5.74, 6) is -0.231. The number of halogens is 3. The summed E-state index contributed by atoms with van der Waals surface area (Å²) in [4.78, 5) is 4.39. The molecular weight excluding hydrogens is 375 g/mol. The molecule has 1 N–H and O–H groups in total. The number of hydrogen-bond acceptors (Lipinski definition) is 2. The van der Waals surface area contributed by atoms with Crippen molar-refractivity contribution in [3.05, 3.63) is 62.5 Å². The predicted octanol–water partition coefficient (Wildman–Crippen LogP) is 4.44. The van der Waals surface area contributed by atoms with Crippen LogP contribution < -0.4 is 5.32 Å². The lowest BCUT2D eigenvalue weighted by atomic mass is 10.0. The second-order valence-electron chi connectivity index (χ2n) is 4.03. The van der Waals surface area contributed by atoms with Crippen molar-refractivity contribution in [2.75, 3.05) is 6.54 Å². The van der Waals surface area contributed by atoms with E-state index in [1.807, 2.05) is 19.1 Å². The molecule has 19 heavy (non-hydrogen) atoms. The van der Waals surface area contributed by atoms with Crippen LogP contribution in [0, 0.1) is 5.82 Å². The molecule has 2 aromatic rings. The van der Waals surface area contributed by atoms with Crippen molar-refractivity contribution in [3.8, 4) is 0 Å². The van der Waals surface area contributed by atoms with E-state index in [4.69, 9.17) is 0 Å². The molecule has 1 aromatic carbocycles. The highest BCUT2D eigenvalue weighted by molar-refractivity contribution is 9.11. The summed E-state index contributed by atoms with van der Waals surface area (Å²) in [7, 11) is 0. The Hall–Kier alpha value is -0.780. The molecule has 0 aliphatic carbocycles. The second-order valence-corrected chi connectivity index (χ2v) is 5.80. The van der Waals surface area contributed by atoms with Crippen LogP contribution in [-0.4, -0.2) is 11.5 Å². The second kappa shape index (κ2) is 6.59. The van der Waals surface area contributed by atoms with E-state index in [1.54, 1.807) is 18.3 Å². The largest absolute Gasteiger partial charge is 0.305 e. The number of benzene rings is 1. The van der Waals surface area contributed by atoms with Gasteiger partial charge in [-0.25, -0.2) is 4.39 Å². The van der Waals surface area contributed by atoms with Gasteiger partial charge >= 0.3 is 0 Å². The Labute approximate surface area is 128 Å². The maximum atomic E-state index is 14.0. The monoisotopic (exact) mass is 386 g/mol. The minimum Gasteiger partial charge on any atom is -0.305 e. The van der Waals surface area contributed by atoms with Crippen LogP contribution in [0.15, 0.2) is 45.5 Å². The van der Waals surface area contributed by atoms with E-state index in [2.05, 4.69) is 42.2 Å². The van der Waals surface area contributed by atoms with Gasteiger partial charge in [0.05, 0.1) is 11.7 Å². The molecule has 0 spiro atoms. The Balaban J connectivity index is 2.48. The number of hydrogen-bond donors (Lipinski definition) is 1. The molecule has 0 aliphatic heterocycles. The molecule has 0 amide bonds. The lowest BCUT2D eigenvalue weighted by Gasteiger charge is -2.19. The summed E-state index contributed by atoms with van der Waals surface area (Å²) in [5, 5.41) is 3.27. The van der Waals surface area contributed by atoms with Gasteiger partial charge in [0, 0.05) is 20.7 Å². The quantitative estimate of drug-likeness (QED) is 0.838. The highest BCUT2D eigenvalue weighted by atomic mass is 79.9. The number of nitrogens with one attached hydrogen (secondary N) is 1. The molecule has 0 bridgehead atoms. The van der Waals surface area contributed by atoms with Gasteiger partial charge < -0.3 is 5.32 Å². The zero-order chi connectivity index (χ0) is 13.8. The van der Waals surface area contributed by atoms with E-state index < -0.39 is 0 Å². The SMILES string of the molecule is CCNC(c1ccccc1F)c1ncc(Br)cc1Br. The molecule has 0 fully saturated rings. The van der Waals surface area contributed by atoms with E-state index >= 15 is 0 Å². The van der Waals surface area contributed by atoms with Gasteiger partial charge in [-0.05, 0) is 50.5 Å². The summed E-state index contributed by atoms with van der Waals surface area (Å²) < 4.78 is 15.7. The summed E-state index contributed by atoms with van der Waals surface area (Å²) in [6.45, 7) is 2.71. The molecule has 0 saturated heterocycles. The first kappa shape index (κ1) is 14.6. The predicted molar refractivity (Wildman–Crippen MR) is 81.6 cm³/mol. The van der Waals surface area contributed by atoms with Crippen molar-refractivity contribution in [2.45, 2.75) is 13.0 Å². The minimum absolute atomic E-state index is 0.231. The Morgan fingerprint density at radius 3 is 2.68 bits per heavy atom. The average Bonchev–Trinajstić information content (AvgIpc) is 2.38. The number of rotatable bonds is 4. The van der Waals surface area contributed by atoms with Crippen LogP contribution in [0.25, 0.3) is 0 Å². The molecule has 2 rings (SSSR count). The van der Waals surface area contributed by atoms with Gasteiger partial charge in [0.1, 0.15) is 5.82 Å². The third-order valence-corrected chi connectivity index (χ3v) is 3.80. The molecule has 100 valence electrons. The molecule has 1 unspecified atom stereocenters. The van der Waals surface area contributed by atoms with Crippen molar-refractivity contribution in [1.29, 1.82) is 0 Å². The van der Waals surface area contributed by atoms with Gasteiger partial charge in [0.15, 0.2) is 0 Å². The third kappa shape index (κ3) is 3.41. The fraction of sp³-hybridized carbons (Fsp3) is 0.214. The van der Waals surface area contributed by atoms with E-state index in [-0.39, 0.29) is 11.9 Å². The van der Waals surface area contributed by atoms with Gasteiger partial charge in [0.25, 0.3) is 0 Å². The zero-order valence-corrected chi connectivity index (χ0v) is 13.5. The fourth-order valence-corrected chi connectivity index (χ4v) is 3.12. The molecule has 5 heteroatoms. The molecular formula is C14H13Br2FN2. The van der Waals surface area contributed by atoms with Crippen molar-refractivity contribution in [1.82, 2.24) is 10.3 Å². The lowest BCUT2D eigenvalue weighted by molar-refractivity contribution is 0.550. The smallest absolute Gasteiger partial charge is 0.128 e. The molecule has 2 nitrogen and oxygen atoms in total. The van der Waals surface area contributed by atoms with Crippen LogP contribution in [0.4, 0.5) is 4.39 Å². The minimum atomic E-state index is -0.270. The van der Waals surface area contributed by atoms with Crippen molar-refractivity contribution >= 4 is 31.9 Å². The van der Waals surface area contributed by atoms with Gasteiger partial charge in [0.2, 0.25) is 0 Å². The molecule has 0 radical (unpaired) electrons. The van der Waals surface area contributed by atoms with Crippen LogP contribution in [-0.2, 0) is 0 Å². The van der Waals surface area contributed by atoms with Crippen LogP contribution in [0.2, 0.25) is 0 Å². The molecule has 1 heterocycles. The van der Waals surface area contributed by atoms with Gasteiger partial charge in [-0.15, -0.1) is 0 Å². The molecule has 1 atom stereocenters. The zero-order valence-electron chi connectivity index (χ0n) is 10.3. The Bertz CT molecular complexity index is 575. The first-order chi connectivity index (χ1) is 9.13. The summed E-state index contributed by atoms with van der Waals surface area (Å²) in [5.41, 5.74) is 1.37. The number of aromatic nitrogens is 1. The Morgan fingerprint density at radius 1 is 1.32 bits per heavy atom. The average molecular weight is 388 g/mol. The Morgan fingerprint density at radius 2 is 2.05 bits per heavy atom. The topological polar surface area (TPSA) is 24.9 Å². The highest BCUT2D eigenvalue weighted by Gasteiger charge is 2.20. The van der Waals surface area contributed by atoms with Crippen LogP contribution in [0.5, 0.6) is 0 Å². The molecule has 1 aromatic heterocycles. The van der Waals surface area contributed by atoms with E-state index in [0.29, 0.717) is 5.56 Å². The maximum absolute atomic E-state index is 14.0. The standard InChI is InChI=1S/C14H13Br2FN2/c1-2-18-13(10-5-3-4-6-12(10)17)14-11(16)7-9(15)8-19-14/h3-8,13,18H,2H2,1H3.